The molecule has 3 aromatic carbocycles. The first kappa shape index (κ1) is 24.9. The van der Waals surface area contributed by atoms with E-state index in [0.29, 0.717) is 11.8 Å². The third-order valence-electron chi connectivity index (χ3n) is 6.34. The number of hydrogen-bond acceptors (Lipinski definition) is 1. The van der Waals surface area contributed by atoms with Crippen molar-refractivity contribution in [2.75, 3.05) is 16.8 Å². The lowest BCUT2D eigenvalue weighted by molar-refractivity contribution is 1.02. The molecule has 3 aromatic rings. The zero-order chi connectivity index (χ0) is 24.0. The van der Waals surface area contributed by atoms with Gasteiger partial charge in [-0.1, -0.05) is 76.2 Å². The van der Waals surface area contributed by atoms with E-state index < -0.39 is 0 Å². The largest absolute Gasteiger partial charge is 0.315 e. The number of hydrogen-bond donors (Lipinski definition) is 1. The highest BCUT2D eigenvalue weighted by molar-refractivity contribution is 6.17. The molecule has 0 atom stereocenters. The van der Waals surface area contributed by atoms with Crippen molar-refractivity contribution in [2.24, 2.45) is 0 Å². The van der Waals surface area contributed by atoms with Gasteiger partial charge < -0.3 is 4.90 Å². The molecule has 0 unspecified atom stereocenters. The van der Waals surface area contributed by atoms with Crippen molar-refractivity contribution in [1.29, 1.82) is 5.41 Å². The van der Waals surface area contributed by atoms with E-state index >= 15 is 0 Å². The molecule has 174 valence electrons. The monoisotopic (exact) mass is 461 g/mol. The molecule has 1 N–H and O–H groups in total. The van der Waals surface area contributed by atoms with Gasteiger partial charge in [0.15, 0.2) is 0 Å². The predicted molar refractivity (Wildman–Crippen MR) is 145 cm³/mol. The summed E-state index contributed by atoms with van der Waals surface area (Å²) in [6.45, 7) is 8.72. The Morgan fingerprint density at radius 1 is 0.727 bits per heavy atom. The number of rotatable bonds is 8. The highest BCUT2D eigenvalue weighted by Crippen LogP contribution is 2.36. The minimum atomic E-state index is 0.438. The number of aryl methyl sites for hydroxylation is 4. The van der Waals surface area contributed by atoms with Crippen LogP contribution in [0.3, 0.4) is 0 Å². The molecule has 0 aliphatic carbocycles. The van der Waals surface area contributed by atoms with E-state index in [1.807, 2.05) is 19.2 Å². The van der Waals surface area contributed by atoms with Crippen molar-refractivity contribution in [2.45, 2.75) is 59.3 Å². The second-order valence-electron chi connectivity index (χ2n) is 8.29. The summed E-state index contributed by atoms with van der Waals surface area (Å²) in [6, 6.07) is 21.2. The first-order chi connectivity index (χ1) is 16.0. The lowest BCUT2D eigenvalue weighted by Gasteiger charge is -2.35. The van der Waals surface area contributed by atoms with E-state index in [1.54, 1.807) is 0 Å². The molecule has 0 saturated carbocycles. The summed E-state index contributed by atoms with van der Waals surface area (Å²) < 4.78 is 0. The van der Waals surface area contributed by atoms with Crippen LogP contribution in [0, 0.1) is 5.41 Å². The standard InChI is InChI=1S/C29H36ClN3/c1-6-22-14-11-15-23(7-2)27(22)32(5)29(31)33(26-18-10-13-21(19-26)20-30)28-24(8-3)16-12-17-25(28)9-4/h10-19,31H,6-9,20H2,1-5H3. The maximum Gasteiger partial charge on any atom is 0.207 e. The second kappa shape index (κ2) is 11.4. The summed E-state index contributed by atoms with van der Waals surface area (Å²) in [6.07, 6.45) is 3.65. The fourth-order valence-corrected chi connectivity index (χ4v) is 4.71. The van der Waals surface area contributed by atoms with Gasteiger partial charge in [-0.25, -0.2) is 0 Å². The minimum Gasteiger partial charge on any atom is -0.315 e. The Bertz CT molecular complexity index is 1060. The molecule has 0 saturated heterocycles. The molecule has 0 heterocycles. The van der Waals surface area contributed by atoms with Gasteiger partial charge >= 0.3 is 0 Å². The molecule has 3 nitrogen and oxygen atoms in total. The van der Waals surface area contributed by atoms with Gasteiger partial charge in [-0.15, -0.1) is 11.6 Å². The molecule has 0 aliphatic rings. The molecule has 0 amide bonds. The van der Waals surface area contributed by atoms with Crippen molar-refractivity contribution >= 4 is 34.6 Å². The zero-order valence-corrected chi connectivity index (χ0v) is 21.3. The van der Waals surface area contributed by atoms with Crippen LogP contribution in [-0.4, -0.2) is 13.0 Å². The number of benzene rings is 3. The van der Waals surface area contributed by atoms with Crippen LogP contribution < -0.4 is 9.80 Å². The van der Waals surface area contributed by atoms with Crippen LogP contribution >= 0.6 is 11.6 Å². The highest BCUT2D eigenvalue weighted by Gasteiger charge is 2.25. The number of halogens is 1. The molecule has 0 spiro atoms. The van der Waals surface area contributed by atoms with E-state index in [9.17, 15) is 5.41 Å². The summed E-state index contributed by atoms with van der Waals surface area (Å²) in [5, 5.41) is 9.50. The third kappa shape index (κ3) is 5.09. The third-order valence-corrected chi connectivity index (χ3v) is 6.65. The van der Waals surface area contributed by atoms with Crippen molar-refractivity contribution in [3.05, 3.63) is 88.5 Å². The van der Waals surface area contributed by atoms with Gasteiger partial charge in [0, 0.05) is 24.3 Å². The Hall–Kier alpha value is -2.78. The topological polar surface area (TPSA) is 30.3 Å². The van der Waals surface area contributed by atoms with Crippen LogP contribution in [0.1, 0.15) is 55.5 Å². The van der Waals surface area contributed by atoms with Crippen molar-refractivity contribution in [1.82, 2.24) is 0 Å². The van der Waals surface area contributed by atoms with Gasteiger partial charge in [0.1, 0.15) is 0 Å². The van der Waals surface area contributed by atoms with E-state index in [4.69, 9.17) is 11.6 Å². The molecule has 0 fully saturated rings. The fraction of sp³-hybridized carbons (Fsp3) is 0.345. The van der Waals surface area contributed by atoms with Gasteiger partial charge in [0.05, 0.1) is 5.69 Å². The van der Waals surface area contributed by atoms with Gasteiger partial charge in [-0.05, 0) is 65.6 Å². The quantitative estimate of drug-likeness (QED) is 0.210. The Labute approximate surface area is 204 Å². The van der Waals surface area contributed by atoms with Crippen LogP contribution in [-0.2, 0) is 31.6 Å². The minimum absolute atomic E-state index is 0.438. The molecule has 4 heteroatoms. The lowest BCUT2D eigenvalue weighted by Crippen LogP contribution is -2.41. The summed E-state index contributed by atoms with van der Waals surface area (Å²) in [4.78, 5) is 4.16. The number of nitrogens with one attached hydrogen (secondary N) is 1. The average Bonchev–Trinajstić information content (AvgIpc) is 2.87. The van der Waals surface area contributed by atoms with Gasteiger partial charge in [0.25, 0.3) is 0 Å². The zero-order valence-electron chi connectivity index (χ0n) is 20.6. The Morgan fingerprint density at radius 2 is 1.18 bits per heavy atom. The summed E-state index contributed by atoms with van der Waals surface area (Å²) in [5.74, 6) is 0.882. The molecule has 0 bridgehead atoms. The SMILES string of the molecule is CCc1cccc(CC)c1N(C)C(=N)N(c1cccc(CCl)c1)c1c(CC)cccc1CC. The second-order valence-corrected chi connectivity index (χ2v) is 8.55. The lowest BCUT2D eigenvalue weighted by atomic mass is 10.00. The molecule has 0 radical (unpaired) electrons. The van der Waals surface area contributed by atoms with E-state index in [0.717, 1.165) is 48.3 Å². The van der Waals surface area contributed by atoms with E-state index in [1.165, 1.54) is 22.3 Å². The van der Waals surface area contributed by atoms with Crippen molar-refractivity contribution in [3.8, 4) is 0 Å². The molecule has 33 heavy (non-hydrogen) atoms. The van der Waals surface area contributed by atoms with Crippen molar-refractivity contribution in [3.63, 3.8) is 0 Å². The van der Waals surface area contributed by atoms with E-state index in [-0.39, 0.29) is 0 Å². The van der Waals surface area contributed by atoms with Crippen LogP contribution in [0.4, 0.5) is 17.1 Å². The number of anilines is 3. The normalized spacial score (nSPS) is 10.8. The maximum atomic E-state index is 9.50. The maximum absolute atomic E-state index is 9.50. The Balaban J connectivity index is 2.25. The smallest absolute Gasteiger partial charge is 0.207 e. The Kier molecular flexibility index (Phi) is 8.57. The Morgan fingerprint density at radius 3 is 1.64 bits per heavy atom. The molecule has 0 aliphatic heterocycles. The predicted octanol–water partition coefficient (Wildman–Crippen LogP) is 7.88. The van der Waals surface area contributed by atoms with E-state index in [2.05, 4.69) is 86.0 Å². The number of guanidine groups is 1. The number of alkyl halides is 1. The highest BCUT2D eigenvalue weighted by atomic mass is 35.5. The first-order valence-electron chi connectivity index (χ1n) is 12.0. The van der Waals surface area contributed by atoms with Crippen LogP contribution in [0.15, 0.2) is 60.7 Å². The van der Waals surface area contributed by atoms with Crippen LogP contribution in [0.5, 0.6) is 0 Å². The van der Waals surface area contributed by atoms with Gasteiger partial charge in [-0.3, -0.25) is 10.3 Å². The van der Waals surface area contributed by atoms with Gasteiger partial charge in [0.2, 0.25) is 5.96 Å². The number of nitrogens with zero attached hydrogens (tertiary/aromatic N) is 2. The molecular formula is C29H36ClN3. The first-order valence-corrected chi connectivity index (χ1v) is 12.5. The summed E-state index contributed by atoms with van der Waals surface area (Å²) in [5.41, 5.74) is 9.26. The van der Waals surface area contributed by atoms with Crippen molar-refractivity contribution < 1.29 is 0 Å². The fourth-order valence-electron chi connectivity index (χ4n) is 4.54. The van der Waals surface area contributed by atoms with Crippen LogP contribution in [0.2, 0.25) is 0 Å². The van der Waals surface area contributed by atoms with Crippen LogP contribution in [0.25, 0.3) is 0 Å². The summed E-state index contributed by atoms with van der Waals surface area (Å²) in [7, 11) is 2.02. The number of para-hydroxylation sites is 2. The molecular weight excluding hydrogens is 426 g/mol. The summed E-state index contributed by atoms with van der Waals surface area (Å²) >= 11 is 6.20. The average molecular weight is 462 g/mol. The molecule has 0 aromatic heterocycles. The van der Waals surface area contributed by atoms with Gasteiger partial charge in [-0.2, -0.15) is 0 Å². The molecule has 3 rings (SSSR count).